The summed E-state index contributed by atoms with van der Waals surface area (Å²) in [5, 5.41) is 4.99. The van der Waals surface area contributed by atoms with Gasteiger partial charge in [0.15, 0.2) is 5.13 Å². The van der Waals surface area contributed by atoms with Gasteiger partial charge < -0.3 is 4.90 Å². The lowest BCUT2D eigenvalue weighted by atomic mass is 9.94. The fraction of sp³-hybridized carbons (Fsp3) is 0.333. The van der Waals surface area contributed by atoms with Gasteiger partial charge in [0, 0.05) is 30.5 Å². The Labute approximate surface area is 154 Å². The Balaban J connectivity index is 1.90. The van der Waals surface area contributed by atoms with Crippen LogP contribution in [0.5, 0.6) is 0 Å². The Morgan fingerprint density at radius 3 is 2.77 bits per heavy atom. The molecule has 3 heterocycles. The molecule has 0 spiro atoms. The molecule has 2 aliphatic rings. The van der Waals surface area contributed by atoms with Crippen LogP contribution in [0.25, 0.3) is 0 Å². The third-order valence-corrected chi connectivity index (χ3v) is 5.52. The van der Waals surface area contributed by atoms with Crippen molar-refractivity contribution in [3.8, 4) is 0 Å². The molecule has 3 amide bonds. The second-order valence-corrected chi connectivity index (χ2v) is 7.52. The van der Waals surface area contributed by atoms with Crippen LogP contribution >= 0.6 is 11.3 Å². The molecule has 134 valence electrons. The molecular formula is C18H18N4O3S. The lowest BCUT2D eigenvalue weighted by molar-refractivity contribution is -0.129. The third kappa shape index (κ3) is 2.18. The van der Waals surface area contributed by atoms with Gasteiger partial charge in [0.2, 0.25) is 11.6 Å². The molecule has 2 aromatic rings. The molecule has 2 aliphatic heterocycles. The van der Waals surface area contributed by atoms with Gasteiger partial charge in [-0.15, -0.1) is 11.3 Å². The monoisotopic (exact) mass is 370 g/mol. The van der Waals surface area contributed by atoms with Gasteiger partial charge in [-0.3, -0.25) is 24.6 Å². The Morgan fingerprint density at radius 2 is 2.08 bits per heavy atom. The predicted octanol–water partition coefficient (Wildman–Crippen LogP) is 2.47. The summed E-state index contributed by atoms with van der Waals surface area (Å²) in [6, 6.07) is 6.69. The normalized spacial score (nSPS) is 21.8. The molecule has 1 aromatic heterocycles. The van der Waals surface area contributed by atoms with Gasteiger partial charge in [-0.05, 0) is 26.0 Å². The Hall–Kier alpha value is -2.74. The summed E-state index contributed by atoms with van der Waals surface area (Å²) in [6.45, 7) is 3.70. The maximum atomic E-state index is 13.4. The third-order valence-electron chi connectivity index (χ3n) is 4.83. The number of nitrogens with zero attached hydrogens (tertiary/aromatic N) is 3. The zero-order valence-electron chi connectivity index (χ0n) is 14.4. The SMILES string of the molecule is CC(C)N1C(=O)c2ccccc2N2C(=O)CC[C@]21C(=O)Nc1nccs1. The van der Waals surface area contributed by atoms with Crippen LogP contribution in [0.4, 0.5) is 10.8 Å². The van der Waals surface area contributed by atoms with E-state index >= 15 is 0 Å². The molecule has 7 nitrogen and oxygen atoms in total. The summed E-state index contributed by atoms with van der Waals surface area (Å²) < 4.78 is 0. The first kappa shape index (κ1) is 16.7. The van der Waals surface area contributed by atoms with Gasteiger partial charge in [0.05, 0.1) is 11.3 Å². The van der Waals surface area contributed by atoms with Crippen LogP contribution in [-0.2, 0) is 9.59 Å². The van der Waals surface area contributed by atoms with Gasteiger partial charge in [-0.2, -0.15) is 0 Å². The number of nitrogens with one attached hydrogen (secondary N) is 1. The van der Waals surface area contributed by atoms with E-state index in [0.29, 0.717) is 16.4 Å². The summed E-state index contributed by atoms with van der Waals surface area (Å²) in [4.78, 5) is 46.4. The number of aromatic nitrogens is 1. The highest BCUT2D eigenvalue weighted by Gasteiger charge is 2.61. The summed E-state index contributed by atoms with van der Waals surface area (Å²) in [5.74, 6) is -0.810. The number of thiazole rings is 1. The first-order valence-electron chi connectivity index (χ1n) is 8.43. The van der Waals surface area contributed by atoms with Crippen molar-refractivity contribution in [3.05, 3.63) is 41.4 Å². The number of amides is 3. The molecular weight excluding hydrogens is 352 g/mol. The minimum atomic E-state index is -1.37. The van der Waals surface area contributed by atoms with E-state index in [1.165, 1.54) is 21.1 Å². The molecule has 0 bridgehead atoms. The molecule has 1 N–H and O–H groups in total. The molecule has 1 aromatic carbocycles. The predicted molar refractivity (Wildman–Crippen MR) is 97.9 cm³/mol. The highest BCUT2D eigenvalue weighted by Crippen LogP contribution is 2.45. The fourth-order valence-electron chi connectivity index (χ4n) is 3.89. The molecule has 8 heteroatoms. The van der Waals surface area contributed by atoms with Crippen LogP contribution in [0.2, 0.25) is 0 Å². The standard InChI is InChI=1S/C18H18N4O3S/c1-11(2)21-15(24)12-5-3-4-6-13(12)22-14(23)7-8-18(21,22)16(25)20-17-19-9-10-26-17/h3-6,9-11H,7-8H2,1-2H3,(H,19,20,25)/t18-/m1/s1. The van der Waals surface area contributed by atoms with E-state index in [4.69, 9.17) is 0 Å². The topological polar surface area (TPSA) is 82.6 Å². The minimum Gasteiger partial charge on any atom is -0.304 e. The van der Waals surface area contributed by atoms with Crippen molar-refractivity contribution in [3.63, 3.8) is 0 Å². The van der Waals surface area contributed by atoms with Crippen LogP contribution in [0.3, 0.4) is 0 Å². The molecule has 26 heavy (non-hydrogen) atoms. The highest BCUT2D eigenvalue weighted by molar-refractivity contribution is 7.13. The molecule has 1 atom stereocenters. The van der Waals surface area contributed by atoms with E-state index in [9.17, 15) is 14.4 Å². The van der Waals surface area contributed by atoms with Crippen molar-refractivity contribution < 1.29 is 14.4 Å². The fourth-order valence-corrected chi connectivity index (χ4v) is 4.41. The van der Waals surface area contributed by atoms with E-state index in [0.717, 1.165) is 0 Å². The Kier molecular flexibility index (Phi) is 3.80. The zero-order valence-corrected chi connectivity index (χ0v) is 15.2. The average molecular weight is 370 g/mol. The summed E-state index contributed by atoms with van der Waals surface area (Å²) in [5.41, 5.74) is -0.442. The van der Waals surface area contributed by atoms with E-state index < -0.39 is 11.6 Å². The number of benzene rings is 1. The molecule has 0 radical (unpaired) electrons. The highest BCUT2D eigenvalue weighted by atomic mass is 32.1. The van der Waals surface area contributed by atoms with Gasteiger partial charge in [0.1, 0.15) is 0 Å². The molecule has 1 saturated heterocycles. The van der Waals surface area contributed by atoms with Crippen molar-refractivity contribution in [2.75, 3.05) is 10.2 Å². The smallest absolute Gasteiger partial charge is 0.273 e. The number of anilines is 2. The minimum absolute atomic E-state index is 0.162. The zero-order chi connectivity index (χ0) is 18.5. The summed E-state index contributed by atoms with van der Waals surface area (Å²) >= 11 is 1.29. The largest absolute Gasteiger partial charge is 0.304 e. The van der Waals surface area contributed by atoms with Crippen molar-refractivity contribution in [2.45, 2.75) is 38.4 Å². The second kappa shape index (κ2) is 5.91. The lowest BCUT2D eigenvalue weighted by Crippen LogP contribution is -2.70. The number of para-hydroxylation sites is 1. The molecule has 4 rings (SSSR count). The number of carbonyl (C=O) groups excluding carboxylic acids is 3. The number of hydrogen-bond donors (Lipinski definition) is 1. The number of fused-ring (bicyclic) bond motifs is 3. The molecule has 0 aliphatic carbocycles. The first-order chi connectivity index (χ1) is 12.5. The lowest BCUT2D eigenvalue weighted by Gasteiger charge is -2.50. The quantitative estimate of drug-likeness (QED) is 0.900. The summed E-state index contributed by atoms with van der Waals surface area (Å²) in [6.07, 6.45) is 2.05. The van der Waals surface area contributed by atoms with E-state index in [-0.39, 0.29) is 30.7 Å². The van der Waals surface area contributed by atoms with Crippen molar-refractivity contribution in [1.82, 2.24) is 9.88 Å². The van der Waals surface area contributed by atoms with Crippen molar-refractivity contribution in [1.29, 1.82) is 0 Å². The molecule has 0 saturated carbocycles. The average Bonchev–Trinajstić information content (AvgIpc) is 3.23. The van der Waals surface area contributed by atoms with Crippen LogP contribution in [0, 0.1) is 0 Å². The van der Waals surface area contributed by atoms with Crippen LogP contribution in [0.15, 0.2) is 35.8 Å². The van der Waals surface area contributed by atoms with Crippen LogP contribution in [0.1, 0.15) is 37.0 Å². The summed E-state index contributed by atoms with van der Waals surface area (Å²) in [7, 11) is 0. The van der Waals surface area contributed by atoms with Gasteiger partial charge in [-0.1, -0.05) is 12.1 Å². The number of rotatable bonds is 3. The number of hydrogen-bond acceptors (Lipinski definition) is 5. The van der Waals surface area contributed by atoms with E-state index in [2.05, 4.69) is 10.3 Å². The maximum absolute atomic E-state index is 13.4. The van der Waals surface area contributed by atoms with Crippen molar-refractivity contribution >= 4 is 39.9 Å². The van der Waals surface area contributed by atoms with Crippen molar-refractivity contribution in [2.24, 2.45) is 0 Å². The first-order valence-corrected chi connectivity index (χ1v) is 9.31. The number of carbonyl (C=O) groups is 3. The van der Waals surface area contributed by atoms with Gasteiger partial charge in [-0.25, -0.2) is 4.98 Å². The van der Waals surface area contributed by atoms with Crippen LogP contribution < -0.4 is 10.2 Å². The van der Waals surface area contributed by atoms with Gasteiger partial charge in [0.25, 0.3) is 11.8 Å². The Morgan fingerprint density at radius 1 is 1.31 bits per heavy atom. The van der Waals surface area contributed by atoms with E-state index in [1.54, 1.807) is 35.8 Å². The van der Waals surface area contributed by atoms with Crippen LogP contribution in [-0.4, -0.2) is 39.3 Å². The maximum Gasteiger partial charge on any atom is 0.273 e. The van der Waals surface area contributed by atoms with Gasteiger partial charge >= 0.3 is 0 Å². The molecule has 0 unspecified atom stereocenters. The Bertz CT molecular complexity index is 896. The molecule has 1 fully saturated rings. The second-order valence-electron chi connectivity index (χ2n) is 6.62. The van der Waals surface area contributed by atoms with E-state index in [1.807, 2.05) is 13.8 Å².